The molecular weight excluding hydrogens is 241 g/mol. The van der Waals surface area contributed by atoms with Crippen LogP contribution < -0.4 is 5.32 Å². The number of aryl methyl sites for hydroxylation is 1. The number of benzene rings is 1. The Bertz CT molecular complexity index is 395. The second kappa shape index (κ2) is 6.49. The minimum atomic E-state index is -0.143. The summed E-state index contributed by atoms with van der Waals surface area (Å²) in [6, 6.07) is 5.53. The maximum Gasteiger partial charge on any atom is 0.123 e. The van der Waals surface area contributed by atoms with Crippen molar-refractivity contribution in [3.63, 3.8) is 0 Å². The highest BCUT2D eigenvalue weighted by Gasteiger charge is 2.31. The van der Waals surface area contributed by atoms with Gasteiger partial charge < -0.3 is 10.1 Å². The first-order chi connectivity index (χ1) is 9.12. The van der Waals surface area contributed by atoms with Gasteiger partial charge in [-0.05, 0) is 69.3 Å². The molecule has 1 aromatic rings. The first-order valence-corrected chi connectivity index (χ1v) is 7.18. The topological polar surface area (TPSA) is 21.3 Å². The molecule has 1 unspecified atom stereocenters. The van der Waals surface area contributed by atoms with Crippen LogP contribution in [0.3, 0.4) is 0 Å². The van der Waals surface area contributed by atoms with Crippen molar-refractivity contribution in [1.82, 2.24) is 5.32 Å². The van der Waals surface area contributed by atoms with Crippen molar-refractivity contribution in [3.05, 3.63) is 35.1 Å². The lowest BCUT2D eigenvalue weighted by molar-refractivity contribution is -0.0289. The van der Waals surface area contributed by atoms with Crippen LogP contribution in [-0.4, -0.2) is 19.8 Å². The molecule has 19 heavy (non-hydrogen) atoms. The van der Waals surface area contributed by atoms with E-state index in [0.717, 1.165) is 37.0 Å². The molecule has 1 saturated carbocycles. The molecule has 1 N–H and O–H groups in total. The smallest absolute Gasteiger partial charge is 0.123 e. The van der Waals surface area contributed by atoms with Gasteiger partial charge in [0.2, 0.25) is 0 Å². The summed E-state index contributed by atoms with van der Waals surface area (Å²) in [4.78, 5) is 0. The molecule has 0 saturated heterocycles. The summed E-state index contributed by atoms with van der Waals surface area (Å²) < 4.78 is 19.1. The third-order valence-electron chi connectivity index (χ3n) is 3.98. The van der Waals surface area contributed by atoms with E-state index in [1.807, 2.05) is 20.9 Å². The molecule has 3 heteroatoms. The van der Waals surface area contributed by atoms with Crippen molar-refractivity contribution in [1.29, 1.82) is 0 Å². The van der Waals surface area contributed by atoms with Gasteiger partial charge in [0, 0.05) is 12.6 Å². The molecule has 0 aromatic heterocycles. The van der Waals surface area contributed by atoms with Crippen molar-refractivity contribution >= 4 is 0 Å². The Balaban J connectivity index is 1.93. The summed E-state index contributed by atoms with van der Waals surface area (Å²) in [6.45, 7) is 4.78. The summed E-state index contributed by atoms with van der Waals surface area (Å²) in [5, 5.41) is 3.31. The standard InChI is InChI=1S/C16H24FNO/c1-4-19-15-7-12(8-15)9-16(18-3)13-5-11(2)6-14(17)10-13/h5-6,10,12,15-16,18H,4,7-9H2,1-3H3. The fraction of sp³-hybridized carbons (Fsp3) is 0.625. The van der Waals surface area contributed by atoms with Crippen LogP contribution in [-0.2, 0) is 4.74 Å². The van der Waals surface area contributed by atoms with Crippen molar-refractivity contribution in [2.24, 2.45) is 5.92 Å². The molecule has 0 aliphatic heterocycles. The van der Waals surface area contributed by atoms with Crippen LogP contribution in [0.4, 0.5) is 4.39 Å². The van der Waals surface area contributed by atoms with Crippen LogP contribution in [0.2, 0.25) is 0 Å². The van der Waals surface area contributed by atoms with Gasteiger partial charge in [0.15, 0.2) is 0 Å². The van der Waals surface area contributed by atoms with Gasteiger partial charge in [0.1, 0.15) is 5.82 Å². The molecule has 1 atom stereocenters. The predicted octanol–water partition coefficient (Wildman–Crippen LogP) is 3.60. The molecule has 1 aliphatic rings. The summed E-state index contributed by atoms with van der Waals surface area (Å²) in [5.74, 6) is 0.550. The number of hydrogen-bond acceptors (Lipinski definition) is 2. The average molecular weight is 265 g/mol. The zero-order valence-corrected chi connectivity index (χ0v) is 12.1. The van der Waals surface area contributed by atoms with E-state index >= 15 is 0 Å². The summed E-state index contributed by atoms with van der Waals surface area (Å²) in [5.41, 5.74) is 2.04. The van der Waals surface area contributed by atoms with Crippen molar-refractivity contribution in [3.8, 4) is 0 Å². The SMILES string of the molecule is CCOC1CC(CC(NC)c2cc(C)cc(F)c2)C1. The third-order valence-corrected chi connectivity index (χ3v) is 3.98. The molecule has 1 aliphatic carbocycles. The second-order valence-corrected chi connectivity index (χ2v) is 5.55. The van der Waals surface area contributed by atoms with E-state index in [1.165, 1.54) is 0 Å². The zero-order chi connectivity index (χ0) is 13.8. The molecule has 0 amide bonds. The molecule has 0 bridgehead atoms. The van der Waals surface area contributed by atoms with Crippen LogP contribution in [0.25, 0.3) is 0 Å². The first kappa shape index (κ1) is 14.5. The highest BCUT2D eigenvalue weighted by atomic mass is 19.1. The Labute approximate surface area is 115 Å². The summed E-state index contributed by atoms with van der Waals surface area (Å²) in [6.07, 6.45) is 3.78. The monoisotopic (exact) mass is 265 g/mol. The Kier molecular flexibility index (Phi) is 4.94. The van der Waals surface area contributed by atoms with Crippen LogP contribution in [0, 0.1) is 18.7 Å². The van der Waals surface area contributed by atoms with Gasteiger partial charge in [0.05, 0.1) is 6.10 Å². The van der Waals surface area contributed by atoms with Crippen LogP contribution in [0.1, 0.15) is 43.4 Å². The van der Waals surface area contributed by atoms with E-state index in [9.17, 15) is 4.39 Å². The normalized spacial score (nSPS) is 24.0. The van der Waals surface area contributed by atoms with Gasteiger partial charge in [-0.25, -0.2) is 4.39 Å². The number of hydrogen-bond donors (Lipinski definition) is 1. The molecule has 1 aromatic carbocycles. The average Bonchev–Trinajstić information content (AvgIpc) is 2.30. The first-order valence-electron chi connectivity index (χ1n) is 7.18. The van der Waals surface area contributed by atoms with Gasteiger partial charge in [-0.3, -0.25) is 0 Å². The largest absolute Gasteiger partial charge is 0.378 e. The number of halogens is 1. The van der Waals surface area contributed by atoms with E-state index < -0.39 is 0 Å². The van der Waals surface area contributed by atoms with Gasteiger partial charge in [-0.1, -0.05) is 6.07 Å². The Hall–Kier alpha value is -0.930. The van der Waals surface area contributed by atoms with Gasteiger partial charge in [-0.2, -0.15) is 0 Å². The molecular formula is C16H24FNO. The van der Waals surface area contributed by atoms with Crippen molar-refractivity contribution in [2.45, 2.75) is 45.3 Å². The maximum absolute atomic E-state index is 13.5. The van der Waals surface area contributed by atoms with E-state index in [1.54, 1.807) is 12.1 Å². The lowest BCUT2D eigenvalue weighted by atomic mass is 9.77. The van der Waals surface area contributed by atoms with Crippen LogP contribution in [0.15, 0.2) is 18.2 Å². The Morgan fingerprint density at radius 3 is 2.68 bits per heavy atom. The molecule has 0 spiro atoms. The zero-order valence-electron chi connectivity index (χ0n) is 12.1. The van der Waals surface area contributed by atoms with Gasteiger partial charge >= 0.3 is 0 Å². The second-order valence-electron chi connectivity index (χ2n) is 5.55. The molecule has 2 nitrogen and oxygen atoms in total. The Morgan fingerprint density at radius 2 is 2.11 bits per heavy atom. The molecule has 0 radical (unpaired) electrons. The third kappa shape index (κ3) is 3.77. The number of ether oxygens (including phenoxy) is 1. The fourth-order valence-corrected chi connectivity index (χ4v) is 2.96. The van der Waals surface area contributed by atoms with E-state index in [0.29, 0.717) is 12.0 Å². The lowest BCUT2D eigenvalue weighted by Crippen LogP contribution is -2.34. The predicted molar refractivity (Wildman–Crippen MR) is 75.7 cm³/mol. The van der Waals surface area contributed by atoms with Crippen LogP contribution in [0.5, 0.6) is 0 Å². The number of nitrogens with one attached hydrogen (secondary N) is 1. The molecule has 0 heterocycles. The lowest BCUT2D eigenvalue weighted by Gasteiger charge is -2.37. The van der Waals surface area contributed by atoms with Crippen molar-refractivity contribution < 1.29 is 9.13 Å². The Morgan fingerprint density at radius 1 is 1.37 bits per heavy atom. The quantitative estimate of drug-likeness (QED) is 0.848. The molecule has 106 valence electrons. The maximum atomic E-state index is 13.5. The van der Waals surface area contributed by atoms with Gasteiger partial charge in [0.25, 0.3) is 0 Å². The van der Waals surface area contributed by atoms with Crippen molar-refractivity contribution in [2.75, 3.05) is 13.7 Å². The summed E-state index contributed by atoms with van der Waals surface area (Å²) in [7, 11) is 1.95. The fourth-order valence-electron chi connectivity index (χ4n) is 2.96. The minimum absolute atomic E-state index is 0.143. The molecule has 2 rings (SSSR count). The van der Waals surface area contributed by atoms with Gasteiger partial charge in [-0.15, -0.1) is 0 Å². The molecule has 1 fully saturated rings. The van der Waals surface area contributed by atoms with E-state index in [2.05, 4.69) is 11.4 Å². The minimum Gasteiger partial charge on any atom is -0.378 e. The van der Waals surface area contributed by atoms with E-state index in [-0.39, 0.29) is 11.9 Å². The summed E-state index contributed by atoms with van der Waals surface area (Å²) >= 11 is 0. The number of rotatable bonds is 6. The van der Waals surface area contributed by atoms with Crippen LogP contribution >= 0.6 is 0 Å². The highest BCUT2D eigenvalue weighted by Crippen LogP contribution is 2.37. The highest BCUT2D eigenvalue weighted by molar-refractivity contribution is 5.26. The van der Waals surface area contributed by atoms with E-state index in [4.69, 9.17) is 4.74 Å².